The lowest BCUT2D eigenvalue weighted by atomic mass is 10.1. The molecule has 0 spiro atoms. The molecule has 0 saturated carbocycles. The van der Waals surface area contributed by atoms with Crippen LogP contribution in [0.3, 0.4) is 0 Å². The molecular formula is C17H28N4O4S. The Hall–Kier alpha value is -1.45. The molecule has 0 unspecified atom stereocenters. The van der Waals surface area contributed by atoms with Gasteiger partial charge in [-0.05, 0) is 19.3 Å². The van der Waals surface area contributed by atoms with Crippen LogP contribution in [0, 0.1) is 0 Å². The highest BCUT2D eigenvalue weighted by molar-refractivity contribution is 7.86. The number of nitrogens with zero attached hydrogens (tertiary/aromatic N) is 4. The number of hydrogen-bond acceptors (Lipinski definition) is 5. The Bertz CT molecular complexity index is 725. The second kappa shape index (κ2) is 8.06. The van der Waals surface area contributed by atoms with Crippen LogP contribution in [0.2, 0.25) is 0 Å². The summed E-state index contributed by atoms with van der Waals surface area (Å²) < 4.78 is 34.2. The van der Waals surface area contributed by atoms with Gasteiger partial charge in [0.25, 0.3) is 16.1 Å². The van der Waals surface area contributed by atoms with Crippen molar-refractivity contribution in [1.82, 2.24) is 18.5 Å². The van der Waals surface area contributed by atoms with Crippen molar-refractivity contribution in [3.05, 3.63) is 17.8 Å². The highest BCUT2D eigenvalue weighted by atomic mass is 32.2. The number of piperidine rings is 1. The van der Waals surface area contributed by atoms with Gasteiger partial charge in [-0.1, -0.05) is 20.3 Å². The molecular weight excluding hydrogens is 356 g/mol. The smallest absolute Gasteiger partial charge is 0.282 e. The van der Waals surface area contributed by atoms with E-state index in [9.17, 15) is 13.2 Å². The van der Waals surface area contributed by atoms with Crippen LogP contribution in [0.25, 0.3) is 0 Å². The largest absolute Gasteiger partial charge is 0.447 e. The van der Waals surface area contributed by atoms with Gasteiger partial charge in [-0.15, -0.1) is 0 Å². The molecule has 0 bridgehead atoms. The summed E-state index contributed by atoms with van der Waals surface area (Å²) in [4.78, 5) is 18.6. The van der Waals surface area contributed by atoms with Crippen molar-refractivity contribution in [2.45, 2.75) is 45.4 Å². The molecule has 0 N–H and O–H groups in total. The zero-order valence-electron chi connectivity index (χ0n) is 15.6. The molecule has 3 rings (SSSR count). The zero-order chi connectivity index (χ0) is 18.7. The lowest BCUT2D eigenvalue weighted by molar-refractivity contribution is 0.0756. The topological polar surface area (TPSA) is 87.0 Å². The summed E-state index contributed by atoms with van der Waals surface area (Å²) in [5.74, 6) is 0.469. The first kappa shape index (κ1) is 19.3. The molecule has 3 heterocycles. The van der Waals surface area contributed by atoms with E-state index in [0.29, 0.717) is 57.1 Å². The van der Waals surface area contributed by atoms with Crippen molar-refractivity contribution >= 4 is 16.1 Å². The average Bonchev–Trinajstić information content (AvgIpc) is 2.99. The molecule has 9 heteroatoms. The van der Waals surface area contributed by atoms with E-state index in [1.165, 1.54) is 10.7 Å². The maximum absolute atomic E-state index is 12.9. The molecule has 2 saturated heterocycles. The monoisotopic (exact) mass is 384 g/mol. The lowest BCUT2D eigenvalue weighted by Gasteiger charge is -2.31. The maximum Gasteiger partial charge on any atom is 0.282 e. The number of aromatic nitrogens is 1. The molecule has 0 aromatic carbocycles. The van der Waals surface area contributed by atoms with Crippen molar-refractivity contribution in [3.63, 3.8) is 0 Å². The third-order valence-electron chi connectivity index (χ3n) is 5.03. The van der Waals surface area contributed by atoms with Crippen LogP contribution < -0.4 is 0 Å². The molecule has 1 aromatic heterocycles. The molecule has 8 nitrogen and oxygen atoms in total. The van der Waals surface area contributed by atoms with E-state index in [4.69, 9.17) is 4.42 Å². The number of carbonyl (C=O) groups is 1. The van der Waals surface area contributed by atoms with Gasteiger partial charge in [0.15, 0.2) is 12.1 Å². The number of rotatable bonds is 4. The van der Waals surface area contributed by atoms with E-state index in [-0.39, 0.29) is 11.8 Å². The fourth-order valence-corrected chi connectivity index (χ4v) is 5.28. The summed E-state index contributed by atoms with van der Waals surface area (Å²) in [6.45, 7) is 6.75. The van der Waals surface area contributed by atoms with Crippen LogP contribution in [0.15, 0.2) is 10.8 Å². The predicted molar refractivity (Wildman–Crippen MR) is 97.0 cm³/mol. The Morgan fingerprint density at radius 1 is 1.00 bits per heavy atom. The van der Waals surface area contributed by atoms with E-state index in [0.717, 1.165) is 19.3 Å². The number of hydrogen-bond donors (Lipinski definition) is 0. The molecule has 0 aliphatic carbocycles. The second-order valence-corrected chi connectivity index (χ2v) is 9.16. The number of oxazole rings is 1. The van der Waals surface area contributed by atoms with Gasteiger partial charge in [-0.25, -0.2) is 4.98 Å². The molecule has 2 aliphatic rings. The van der Waals surface area contributed by atoms with Crippen molar-refractivity contribution in [1.29, 1.82) is 0 Å². The van der Waals surface area contributed by atoms with Gasteiger partial charge < -0.3 is 9.32 Å². The third-order valence-corrected chi connectivity index (χ3v) is 7.07. The zero-order valence-corrected chi connectivity index (χ0v) is 16.4. The standard InChI is InChI=1S/C17H28N4O4S/c1-14(2)16-15(18-13-25-16)17(22)19-7-6-10-21(12-11-19)26(23,24)20-8-4-3-5-9-20/h13-14H,3-12H2,1-2H3. The van der Waals surface area contributed by atoms with Crippen LogP contribution in [0.5, 0.6) is 0 Å². The normalized spacial score (nSPS) is 21.1. The molecule has 2 aliphatic heterocycles. The van der Waals surface area contributed by atoms with Gasteiger partial charge >= 0.3 is 0 Å². The van der Waals surface area contributed by atoms with Crippen molar-refractivity contribution in [3.8, 4) is 0 Å². The fraction of sp³-hybridized carbons (Fsp3) is 0.765. The van der Waals surface area contributed by atoms with Crippen LogP contribution in [0.4, 0.5) is 0 Å². The van der Waals surface area contributed by atoms with Gasteiger partial charge in [-0.2, -0.15) is 17.0 Å². The first-order chi connectivity index (χ1) is 12.4. The summed E-state index contributed by atoms with van der Waals surface area (Å²) in [5, 5.41) is 0. The van der Waals surface area contributed by atoms with Gasteiger partial charge in [0.2, 0.25) is 0 Å². The summed E-state index contributed by atoms with van der Waals surface area (Å²) in [5.41, 5.74) is 0.340. The summed E-state index contributed by atoms with van der Waals surface area (Å²) in [6, 6.07) is 0. The van der Waals surface area contributed by atoms with Crippen LogP contribution in [0.1, 0.15) is 61.7 Å². The number of amides is 1. The van der Waals surface area contributed by atoms with E-state index in [2.05, 4.69) is 4.98 Å². The van der Waals surface area contributed by atoms with Crippen LogP contribution in [-0.2, 0) is 10.2 Å². The number of carbonyl (C=O) groups excluding carboxylic acids is 1. The Morgan fingerprint density at radius 2 is 1.65 bits per heavy atom. The van der Waals surface area contributed by atoms with E-state index < -0.39 is 10.2 Å². The lowest BCUT2D eigenvalue weighted by Crippen LogP contribution is -2.47. The minimum absolute atomic E-state index is 0.0689. The highest BCUT2D eigenvalue weighted by Crippen LogP contribution is 2.22. The minimum Gasteiger partial charge on any atom is -0.447 e. The average molecular weight is 385 g/mol. The summed E-state index contributed by atoms with van der Waals surface area (Å²) in [6.07, 6.45) is 4.84. The maximum atomic E-state index is 12.9. The van der Waals surface area contributed by atoms with Gasteiger partial charge in [0.1, 0.15) is 5.76 Å². The first-order valence-corrected chi connectivity index (χ1v) is 10.8. The molecule has 0 atom stereocenters. The van der Waals surface area contributed by atoms with Crippen LogP contribution >= 0.6 is 0 Å². The molecule has 2 fully saturated rings. The Labute approximate surface area is 155 Å². The van der Waals surface area contributed by atoms with Gasteiger partial charge in [0, 0.05) is 45.2 Å². The Kier molecular flexibility index (Phi) is 5.99. The van der Waals surface area contributed by atoms with Crippen molar-refractivity contribution < 1.29 is 17.6 Å². The van der Waals surface area contributed by atoms with E-state index in [1.807, 2.05) is 13.8 Å². The van der Waals surface area contributed by atoms with Gasteiger partial charge in [-0.3, -0.25) is 4.79 Å². The molecule has 26 heavy (non-hydrogen) atoms. The minimum atomic E-state index is -3.44. The third kappa shape index (κ3) is 3.94. The summed E-state index contributed by atoms with van der Waals surface area (Å²) >= 11 is 0. The predicted octanol–water partition coefficient (Wildman–Crippen LogP) is 1.68. The molecule has 1 amide bonds. The highest BCUT2D eigenvalue weighted by Gasteiger charge is 2.33. The molecule has 1 aromatic rings. The van der Waals surface area contributed by atoms with Crippen molar-refractivity contribution in [2.75, 3.05) is 39.3 Å². The summed E-state index contributed by atoms with van der Waals surface area (Å²) in [7, 11) is -3.44. The SMILES string of the molecule is CC(C)c1ocnc1C(=O)N1CCCN(S(=O)(=O)N2CCCCC2)CC1. The first-order valence-electron chi connectivity index (χ1n) is 9.39. The molecule has 146 valence electrons. The second-order valence-electron chi connectivity index (χ2n) is 7.23. The Balaban J connectivity index is 1.68. The van der Waals surface area contributed by atoms with Crippen LogP contribution in [-0.4, -0.2) is 72.1 Å². The Morgan fingerprint density at radius 3 is 2.35 bits per heavy atom. The van der Waals surface area contributed by atoms with E-state index >= 15 is 0 Å². The quantitative estimate of drug-likeness (QED) is 0.788. The van der Waals surface area contributed by atoms with E-state index in [1.54, 1.807) is 9.21 Å². The molecule has 0 radical (unpaired) electrons. The fourth-order valence-electron chi connectivity index (χ4n) is 3.56. The van der Waals surface area contributed by atoms with Gasteiger partial charge in [0.05, 0.1) is 0 Å². The van der Waals surface area contributed by atoms with Crippen molar-refractivity contribution in [2.24, 2.45) is 0 Å².